The lowest BCUT2D eigenvalue weighted by molar-refractivity contribution is -0.121. The third kappa shape index (κ3) is 7.42. The van der Waals surface area contributed by atoms with Gasteiger partial charge in [0.15, 0.2) is 0 Å². The number of hydrogen-bond donors (Lipinski definition) is 1. The first-order chi connectivity index (χ1) is 13.7. The number of anilines is 1. The van der Waals surface area contributed by atoms with Crippen LogP contribution in [-0.4, -0.2) is 40.3 Å². The van der Waals surface area contributed by atoms with Crippen molar-refractivity contribution in [3.8, 4) is 5.75 Å². The number of aryl methyl sites for hydroxylation is 1. The summed E-state index contributed by atoms with van der Waals surface area (Å²) in [5.41, 5.74) is 1.35. The summed E-state index contributed by atoms with van der Waals surface area (Å²) in [6.45, 7) is 2.64. The summed E-state index contributed by atoms with van der Waals surface area (Å²) in [5.74, 6) is 0.382. The molecule has 0 spiro atoms. The number of amides is 1. The Morgan fingerprint density at radius 1 is 1.14 bits per heavy atom. The quantitative estimate of drug-likeness (QED) is 0.544. The Labute approximate surface area is 181 Å². The van der Waals surface area contributed by atoms with Crippen LogP contribution in [0.3, 0.4) is 0 Å². The van der Waals surface area contributed by atoms with E-state index in [1.165, 1.54) is 4.31 Å². The largest absolute Gasteiger partial charge is 0.490 e. The van der Waals surface area contributed by atoms with Crippen LogP contribution in [0.25, 0.3) is 0 Å². The molecule has 0 atom stereocenters. The van der Waals surface area contributed by atoms with E-state index in [0.717, 1.165) is 11.8 Å². The van der Waals surface area contributed by atoms with Crippen molar-refractivity contribution in [2.24, 2.45) is 0 Å². The minimum atomic E-state index is -3.49. The van der Waals surface area contributed by atoms with E-state index in [4.69, 9.17) is 27.9 Å². The van der Waals surface area contributed by atoms with Crippen LogP contribution in [0, 0.1) is 6.92 Å². The molecular weight excluding hydrogens is 435 g/mol. The number of carbonyl (C=O) groups is 1. The molecule has 0 heterocycles. The molecule has 0 bridgehead atoms. The number of ether oxygens (including phenoxy) is 1. The summed E-state index contributed by atoms with van der Waals surface area (Å²) < 4.78 is 31.0. The van der Waals surface area contributed by atoms with Gasteiger partial charge in [-0.1, -0.05) is 41.4 Å². The summed E-state index contributed by atoms with van der Waals surface area (Å²) >= 11 is 12.1. The normalized spacial score (nSPS) is 11.2. The van der Waals surface area contributed by atoms with Crippen molar-refractivity contribution in [1.82, 2.24) is 5.32 Å². The fraction of sp³-hybridized carbons (Fsp3) is 0.350. The van der Waals surface area contributed by atoms with Gasteiger partial charge in [-0.05, 0) is 43.2 Å². The molecule has 0 aromatic heterocycles. The molecule has 0 aliphatic carbocycles. The van der Waals surface area contributed by atoms with Crippen LogP contribution in [0.15, 0.2) is 42.5 Å². The van der Waals surface area contributed by atoms with Gasteiger partial charge in [0.05, 0.1) is 23.5 Å². The molecule has 0 saturated carbocycles. The van der Waals surface area contributed by atoms with Crippen LogP contribution in [0.1, 0.15) is 18.4 Å². The first-order valence-electron chi connectivity index (χ1n) is 9.06. The van der Waals surface area contributed by atoms with E-state index in [9.17, 15) is 13.2 Å². The Hall–Kier alpha value is -1.96. The number of halogens is 2. The number of para-hydroxylation sites is 1. The number of nitrogens with one attached hydrogen (secondary N) is 1. The number of sulfonamides is 1. The maximum absolute atomic E-state index is 12.1. The molecule has 9 heteroatoms. The van der Waals surface area contributed by atoms with Gasteiger partial charge in [-0.15, -0.1) is 0 Å². The standard InChI is InChI=1S/C20H24Cl2N2O4S/c1-15-9-10-16(14-18(15)22)24(29(2,26)27)12-5-8-20(25)23-11-13-28-19-7-4-3-6-17(19)21/h3-4,6-7,9-10,14H,5,8,11-13H2,1-2H3,(H,23,25). The lowest BCUT2D eigenvalue weighted by Gasteiger charge is -2.23. The average molecular weight is 459 g/mol. The highest BCUT2D eigenvalue weighted by Gasteiger charge is 2.18. The number of benzene rings is 2. The van der Waals surface area contributed by atoms with Gasteiger partial charge in [0, 0.05) is 18.0 Å². The topological polar surface area (TPSA) is 75.7 Å². The summed E-state index contributed by atoms with van der Waals surface area (Å²) in [5, 5.41) is 3.75. The molecular formula is C20H24Cl2N2O4S. The van der Waals surface area contributed by atoms with Crippen molar-refractivity contribution in [3.05, 3.63) is 58.1 Å². The Kier molecular flexibility index (Phi) is 8.61. The molecule has 2 aromatic carbocycles. The Morgan fingerprint density at radius 3 is 2.52 bits per heavy atom. The van der Waals surface area contributed by atoms with Crippen LogP contribution in [0.2, 0.25) is 10.0 Å². The fourth-order valence-corrected chi connectivity index (χ4v) is 3.93. The zero-order valence-corrected chi connectivity index (χ0v) is 18.6. The SMILES string of the molecule is Cc1ccc(N(CCCC(=O)NCCOc2ccccc2Cl)S(C)(=O)=O)cc1Cl. The molecule has 6 nitrogen and oxygen atoms in total. The van der Waals surface area contributed by atoms with Gasteiger partial charge < -0.3 is 10.1 Å². The summed E-state index contributed by atoms with van der Waals surface area (Å²) in [6.07, 6.45) is 1.69. The molecule has 1 N–H and O–H groups in total. The predicted octanol–water partition coefficient (Wildman–Crippen LogP) is 4.04. The van der Waals surface area contributed by atoms with Crippen molar-refractivity contribution >= 4 is 44.8 Å². The second-order valence-corrected chi connectivity index (χ2v) is 9.22. The van der Waals surface area contributed by atoms with E-state index in [2.05, 4.69) is 5.32 Å². The van der Waals surface area contributed by atoms with Crippen molar-refractivity contribution in [1.29, 1.82) is 0 Å². The Balaban J connectivity index is 1.79. The van der Waals surface area contributed by atoms with E-state index in [1.807, 2.05) is 13.0 Å². The fourth-order valence-electron chi connectivity index (χ4n) is 2.61. The molecule has 0 saturated heterocycles. The summed E-state index contributed by atoms with van der Waals surface area (Å²) in [6, 6.07) is 12.2. The molecule has 0 aliphatic heterocycles. The second kappa shape index (κ2) is 10.7. The minimum Gasteiger partial charge on any atom is -0.490 e. The van der Waals surface area contributed by atoms with E-state index in [0.29, 0.717) is 34.4 Å². The van der Waals surface area contributed by atoms with Crippen LogP contribution < -0.4 is 14.4 Å². The van der Waals surface area contributed by atoms with Gasteiger partial charge in [-0.3, -0.25) is 9.10 Å². The Bertz CT molecular complexity index is 951. The molecule has 158 valence electrons. The number of rotatable bonds is 10. The van der Waals surface area contributed by atoms with E-state index >= 15 is 0 Å². The predicted molar refractivity (Wildman–Crippen MR) is 118 cm³/mol. The lowest BCUT2D eigenvalue weighted by Crippen LogP contribution is -2.33. The van der Waals surface area contributed by atoms with Crippen LogP contribution in [-0.2, 0) is 14.8 Å². The average Bonchev–Trinajstić information content (AvgIpc) is 2.65. The molecule has 2 rings (SSSR count). The highest BCUT2D eigenvalue weighted by atomic mass is 35.5. The summed E-state index contributed by atoms with van der Waals surface area (Å²) in [7, 11) is -3.49. The van der Waals surface area contributed by atoms with E-state index < -0.39 is 10.0 Å². The van der Waals surface area contributed by atoms with Crippen molar-refractivity contribution in [2.45, 2.75) is 19.8 Å². The zero-order valence-electron chi connectivity index (χ0n) is 16.3. The lowest BCUT2D eigenvalue weighted by atomic mass is 10.2. The third-order valence-electron chi connectivity index (χ3n) is 4.13. The van der Waals surface area contributed by atoms with Gasteiger partial charge in [-0.2, -0.15) is 0 Å². The monoisotopic (exact) mass is 458 g/mol. The van der Waals surface area contributed by atoms with Gasteiger partial charge in [0.1, 0.15) is 12.4 Å². The molecule has 1 amide bonds. The zero-order chi connectivity index (χ0) is 21.4. The van der Waals surface area contributed by atoms with Gasteiger partial charge in [-0.25, -0.2) is 8.42 Å². The van der Waals surface area contributed by atoms with Gasteiger partial charge in [0.2, 0.25) is 15.9 Å². The van der Waals surface area contributed by atoms with Crippen LogP contribution in [0.4, 0.5) is 5.69 Å². The van der Waals surface area contributed by atoms with Gasteiger partial charge >= 0.3 is 0 Å². The van der Waals surface area contributed by atoms with E-state index in [1.54, 1.807) is 36.4 Å². The molecule has 0 radical (unpaired) electrons. The maximum Gasteiger partial charge on any atom is 0.232 e. The molecule has 0 fully saturated rings. The van der Waals surface area contributed by atoms with E-state index in [-0.39, 0.29) is 25.5 Å². The molecule has 0 unspecified atom stereocenters. The maximum atomic E-state index is 12.1. The number of hydrogen-bond acceptors (Lipinski definition) is 4. The first kappa shape index (κ1) is 23.3. The molecule has 0 aliphatic rings. The van der Waals surface area contributed by atoms with Crippen LogP contribution in [0.5, 0.6) is 5.75 Å². The Morgan fingerprint density at radius 2 is 1.86 bits per heavy atom. The first-order valence-corrected chi connectivity index (χ1v) is 11.7. The van der Waals surface area contributed by atoms with Crippen molar-refractivity contribution in [3.63, 3.8) is 0 Å². The number of carbonyl (C=O) groups excluding carboxylic acids is 1. The summed E-state index contributed by atoms with van der Waals surface area (Å²) in [4.78, 5) is 12.0. The minimum absolute atomic E-state index is 0.178. The third-order valence-corrected chi connectivity index (χ3v) is 6.04. The number of nitrogens with zero attached hydrogens (tertiary/aromatic N) is 1. The van der Waals surface area contributed by atoms with Gasteiger partial charge in [0.25, 0.3) is 0 Å². The second-order valence-electron chi connectivity index (χ2n) is 6.50. The molecule has 2 aromatic rings. The van der Waals surface area contributed by atoms with Crippen molar-refractivity contribution < 1.29 is 17.9 Å². The highest BCUT2D eigenvalue weighted by Crippen LogP contribution is 2.25. The smallest absolute Gasteiger partial charge is 0.232 e. The molecule has 29 heavy (non-hydrogen) atoms. The van der Waals surface area contributed by atoms with Crippen molar-refractivity contribution in [2.75, 3.05) is 30.3 Å². The van der Waals surface area contributed by atoms with Crippen LogP contribution >= 0.6 is 23.2 Å². The highest BCUT2D eigenvalue weighted by molar-refractivity contribution is 7.92.